The van der Waals surface area contributed by atoms with E-state index in [0.717, 1.165) is 38.5 Å². The summed E-state index contributed by atoms with van der Waals surface area (Å²) in [6, 6.07) is 6.25. The molecule has 2 aromatic rings. The van der Waals surface area contributed by atoms with Crippen LogP contribution in [0.5, 0.6) is 0 Å². The lowest BCUT2D eigenvalue weighted by Gasteiger charge is -2.39. The Balaban J connectivity index is 1.53. The summed E-state index contributed by atoms with van der Waals surface area (Å²) in [7, 11) is 2.07. The molecule has 29 heavy (non-hydrogen) atoms. The van der Waals surface area contributed by atoms with Gasteiger partial charge in [0.2, 0.25) is 0 Å². The number of esters is 1. The molecule has 0 unspecified atom stereocenters. The summed E-state index contributed by atoms with van der Waals surface area (Å²) < 4.78 is 7.36. The van der Waals surface area contributed by atoms with Crippen molar-refractivity contribution in [3.05, 3.63) is 35.5 Å². The van der Waals surface area contributed by atoms with Crippen molar-refractivity contribution in [3.63, 3.8) is 0 Å². The first-order valence-electron chi connectivity index (χ1n) is 10.8. The Kier molecular flexibility index (Phi) is 5.52. The maximum atomic E-state index is 13.3. The molecular formula is C23H31N3O3. The standard InChI is InChI=1S/C23H31N3O3/c1-3-29-20(27)14-23(11-5-4-6-12-23)24-22(28)26-13-10-18-15-25(2)19-9-7-8-17(16-26)21(18)19/h7-9,15H,3-6,10-14,16H2,1-2H3,(H,24,28). The lowest BCUT2D eigenvalue weighted by Crippen LogP contribution is -2.55. The van der Waals surface area contributed by atoms with Gasteiger partial charge in [-0.1, -0.05) is 31.4 Å². The van der Waals surface area contributed by atoms with Crippen LogP contribution in [0.25, 0.3) is 10.9 Å². The number of amides is 2. The number of hydrogen-bond acceptors (Lipinski definition) is 3. The molecule has 4 rings (SSSR count). The molecule has 1 aromatic heterocycles. The number of urea groups is 1. The van der Waals surface area contributed by atoms with Crippen LogP contribution in [0, 0.1) is 0 Å². The predicted molar refractivity (Wildman–Crippen MR) is 113 cm³/mol. The van der Waals surface area contributed by atoms with E-state index >= 15 is 0 Å². The topological polar surface area (TPSA) is 63.6 Å². The van der Waals surface area contributed by atoms with Gasteiger partial charge in [0, 0.05) is 37.2 Å². The number of carbonyl (C=O) groups is 2. The Bertz CT molecular complexity index is 911. The van der Waals surface area contributed by atoms with E-state index in [9.17, 15) is 9.59 Å². The van der Waals surface area contributed by atoms with Gasteiger partial charge in [-0.15, -0.1) is 0 Å². The number of aryl methyl sites for hydroxylation is 1. The zero-order valence-electron chi connectivity index (χ0n) is 17.5. The Morgan fingerprint density at radius 2 is 1.97 bits per heavy atom. The number of nitrogens with one attached hydrogen (secondary N) is 1. The molecule has 1 aliphatic carbocycles. The zero-order chi connectivity index (χ0) is 20.4. The van der Waals surface area contributed by atoms with Crippen molar-refractivity contribution in [2.75, 3.05) is 13.2 Å². The molecule has 1 aromatic carbocycles. The van der Waals surface area contributed by atoms with Gasteiger partial charge < -0.3 is 19.5 Å². The summed E-state index contributed by atoms with van der Waals surface area (Å²) in [5, 5.41) is 4.54. The number of aromatic nitrogens is 1. The summed E-state index contributed by atoms with van der Waals surface area (Å²) in [6.45, 7) is 3.46. The van der Waals surface area contributed by atoms with Gasteiger partial charge in [0.15, 0.2) is 0 Å². The summed E-state index contributed by atoms with van der Waals surface area (Å²) in [4.78, 5) is 27.4. The maximum absolute atomic E-state index is 13.3. The second-order valence-corrected chi connectivity index (χ2v) is 8.50. The van der Waals surface area contributed by atoms with Crippen LogP contribution in [-0.4, -0.2) is 40.2 Å². The molecule has 1 fully saturated rings. The molecule has 0 spiro atoms. The molecule has 2 amide bonds. The third kappa shape index (κ3) is 3.98. The van der Waals surface area contributed by atoms with Crippen molar-refractivity contribution >= 4 is 22.9 Å². The quantitative estimate of drug-likeness (QED) is 0.796. The van der Waals surface area contributed by atoms with Crippen LogP contribution in [0.2, 0.25) is 0 Å². The molecule has 0 atom stereocenters. The molecule has 1 aliphatic heterocycles. The minimum Gasteiger partial charge on any atom is -0.466 e. The highest BCUT2D eigenvalue weighted by molar-refractivity contribution is 5.88. The lowest BCUT2D eigenvalue weighted by molar-refractivity contribution is -0.145. The molecule has 2 heterocycles. The smallest absolute Gasteiger partial charge is 0.318 e. The SMILES string of the molecule is CCOC(=O)CC1(NC(=O)N2CCc3cn(C)c4cccc(c34)C2)CCCCC1. The third-order valence-electron chi connectivity index (χ3n) is 6.45. The van der Waals surface area contributed by atoms with Crippen LogP contribution in [0.3, 0.4) is 0 Å². The van der Waals surface area contributed by atoms with Crippen LogP contribution in [0.15, 0.2) is 24.4 Å². The second-order valence-electron chi connectivity index (χ2n) is 8.50. The average molecular weight is 398 g/mol. The van der Waals surface area contributed by atoms with Crippen LogP contribution in [0.4, 0.5) is 4.79 Å². The number of nitrogens with zero attached hydrogens (tertiary/aromatic N) is 2. The van der Waals surface area contributed by atoms with E-state index in [0.29, 0.717) is 19.7 Å². The number of rotatable bonds is 4. The van der Waals surface area contributed by atoms with Crippen LogP contribution < -0.4 is 5.32 Å². The molecule has 156 valence electrons. The first-order valence-corrected chi connectivity index (χ1v) is 10.8. The molecule has 0 bridgehead atoms. The first kappa shape index (κ1) is 19.8. The Labute approximate surface area is 172 Å². The molecule has 1 N–H and O–H groups in total. The fraction of sp³-hybridized carbons (Fsp3) is 0.565. The van der Waals surface area contributed by atoms with Crippen molar-refractivity contribution < 1.29 is 14.3 Å². The molecule has 6 nitrogen and oxygen atoms in total. The lowest BCUT2D eigenvalue weighted by atomic mass is 9.79. The van der Waals surface area contributed by atoms with Crippen LogP contribution >= 0.6 is 0 Å². The largest absolute Gasteiger partial charge is 0.466 e. The van der Waals surface area contributed by atoms with Gasteiger partial charge in [0.25, 0.3) is 0 Å². The minimum atomic E-state index is -0.478. The van der Waals surface area contributed by atoms with Crippen LogP contribution in [-0.2, 0) is 29.5 Å². The van der Waals surface area contributed by atoms with E-state index in [1.807, 2.05) is 11.8 Å². The Hall–Kier alpha value is -2.50. The van der Waals surface area contributed by atoms with Crippen molar-refractivity contribution in [1.29, 1.82) is 0 Å². The van der Waals surface area contributed by atoms with Crippen molar-refractivity contribution in [1.82, 2.24) is 14.8 Å². The molecule has 0 saturated heterocycles. The van der Waals surface area contributed by atoms with Gasteiger partial charge in [0.05, 0.1) is 18.6 Å². The van der Waals surface area contributed by atoms with Crippen molar-refractivity contribution in [2.45, 2.75) is 64.0 Å². The van der Waals surface area contributed by atoms with E-state index < -0.39 is 5.54 Å². The zero-order valence-corrected chi connectivity index (χ0v) is 17.5. The number of hydrogen-bond donors (Lipinski definition) is 1. The van der Waals surface area contributed by atoms with Crippen molar-refractivity contribution in [3.8, 4) is 0 Å². The summed E-state index contributed by atoms with van der Waals surface area (Å²) in [5.41, 5.74) is 3.22. The fourth-order valence-electron chi connectivity index (χ4n) is 5.02. The number of carbonyl (C=O) groups excluding carboxylic acids is 2. The molecule has 0 radical (unpaired) electrons. The van der Waals surface area contributed by atoms with Gasteiger partial charge in [-0.2, -0.15) is 0 Å². The Morgan fingerprint density at radius 1 is 1.17 bits per heavy atom. The summed E-state index contributed by atoms with van der Waals surface area (Å²) in [5.74, 6) is -0.219. The van der Waals surface area contributed by atoms with E-state index in [2.05, 4.69) is 41.3 Å². The summed E-state index contributed by atoms with van der Waals surface area (Å²) in [6.07, 6.45) is 8.17. The molecule has 1 saturated carbocycles. The molecular weight excluding hydrogens is 366 g/mol. The van der Waals surface area contributed by atoms with E-state index in [1.54, 1.807) is 0 Å². The average Bonchev–Trinajstić information content (AvgIpc) is 2.90. The normalized spacial score (nSPS) is 18.3. The Morgan fingerprint density at radius 3 is 2.72 bits per heavy atom. The minimum absolute atomic E-state index is 0.0669. The maximum Gasteiger partial charge on any atom is 0.318 e. The monoisotopic (exact) mass is 397 g/mol. The first-order chi connectivity index (χ1) is 14.0. The molecule has 6 heteroatoms. The molecule has 2 aliphatic rings. The number of benzene rings is 1. The van der Waals surface area contributed by atoms with Crippen molar-refractivity contribution in [2.24, 2.45) is 7.05 Å². The van der Waals surface area contributed by atoms with Gasteiger partial charge >= 0.3 is 12.0 Å². The van der Waals surface area contributed by atoms with Gasteiger partial charge in [0.1, 0.15) is 0 Å². The second kappa shape index (κ2) is 8.09. The van der Waals surface area contributed by atoms with Crippen LogP contribution in [0.1, 0.15) is 56.6 Å². The van der Waals surface area contributed by atoms with E-state index in [-0.39, 0.29) is 18.4 Å². The van der Waals surface area contributed by atoms with Gasteiger partial charge in [-0.05, 0) is 43.4 Å². The van der Waals surface area contributed by atoms with Gasteiger partial charge in [-0.25, -0.2) is 4.79 Å². The van der Waals surface area contributed by atoms with Gasteiger partial charge in [-0.3, -0.25) is 4.79 Å². The number of ether oxygens (including phenoxy) is 1. The van der Waals surface area contributed by atoms with E-state index in [1.165, 1.54) is 22.0 Å². The predicted octanol–water partition coefficient (Wildman–Crippen LogP) is 3.90. The highest BCUT2D eigenvalue weighted by atomic mass is 16.5. The fourth-order valence-corrected chi connectivity index (χ4v) is 5.02. The summed E-state index contributed by atoms with van der Waals surface area (Å²) >= 11 is 0. The highest BCUT2D eigenvalue weighted by Crippen LogP contribution is 2.33. The van der Waals surface area contributed by atoms with E-state index in [4.69, 9.17) is 4.74 Å². The third-order valence-corrected chi connectivity index (χ3v) is 6.45. The highest BCUT2D eigenvalue weighted by Gasteiger charge is 2.37.